The maximum atomic E-state index is 12.7. The summed E-state index contributed by atoms with van der Waals surface area (Å²) in [4.78, 5) is 7.04. The maximum Gasteiger partial charge on any atom is 0.433 e. The minimum Gasteiger partial charge on any atom is -0.491 e. The standard InChI is InChI=1S/C14H14F3N3O/c1-8(2)21-10-5-3-9(4-6-10)11-7-12(14(15,16)17)20-13(18)19-11/h3-8H,1-2H3,(H2,18,19,20). The number of nitrogens with two attached hydrogens (primary N) is 1. The van der Waals surface area contributed by atoms with E-state index in [0.717, 1.165) is 6.07 Å². The molecule has 1 heterocycles. The third-order valence-corrected chi connectivity index (χ3v) is 2.56. The van der Waals surface area contributed by atoms with Crippen LogP contribution in [0, 0.1) is 0 Å². The summed E-state index contributed by atoms with van der Waals surface area (Å²) in [6.45, 7) is 3.77. The average molecular weight is 297 g/mol. The second-order valence-corrected chi connectivity index (χ2v) is 4.69. The van der Waals surface area contributed by atoms with Crippen molar-refractivity contribution in [3.63, 3.8) is 0 Å². The van der Waals surface area contributed by atoms with Crippen LogP contribution in [0.3, 0.4) is 0 Å². The summed E-state index contributed by atoms with van der Waals surface area (Å²) in [6, 6.07) is 7.45. The Bertz CT molecular complexity index is 624. The number of alkyl halides is 3. The van der Waals surface area contributed by atoms with E-state index in [2.05, 4.69) is 9.97 Å². The molecule has 0 spiro atoms. The van der Waals surface area contributed by atoms with Crippen LogP contribution in [0.1, 0.15) is 19.5 Å². The molecule has 2 rings (SSSR count). The normalized spacial score (nSPS) is 11.7. The van der Waals surface area contributed by atoms with Crippen molar-refractivity contribution in [2.45, 2.75) is 26.1 Å². The molecule has 4 nitrogen and oxygen atoms in total. The Morgan fingerprint density at radius 1 is 1.10 bits per heavy atom. The van der Waals surface area contributed by atoms with Crippen LogP contribution in [-0.2, 0) is 6.18 Å². The zero-order valence-corrected chi connectivity index (χ0v) is 11.5. The van der Waals surface area contributed by atoms with E-state index >= 15 is 0 Å². The summed E-state index contributed by atoms with van der Waals surface area (Å²) in [5, 5.41) is 0. The highest BCUT2D eigenvalue weighted by molar-refractivity contribution is 5.61. The number of halogens is 3. The Morgan fingerprint density at radius 3 is 2.24 bits per heavy atom. The van der Waals surface area contributed by atoms with Crippen molar-refractivity contribution in [2.75, 3.05) is 5.73 Å². The minimum atomic E-state index is -4.56. The number of hydrogen-bond acceptors (Lipinski definition) is 4. The average Bonchev–Trinajstić information content (AvgIpc) is 2.37. The number of hydrogen-bond donors (Lipinski definition) is 1. The summed E-state index contributed by atoms with van der Waals surface area (Å²) in [5.74, 6) is 0.217. The number of ether oxygens (including phenoxy) is 1. The first-order chi connectivity index (χ1) is 9.75. The molecule has 0 saturated carbocycles. The lowest BCUT2D eigenvalue weighted by atomic mass is 10.1. The predicted molar refractivity (Wildman–Crippen MR) is 72.6 cm³/mol. The monoisotopic (exact) mass is 297 g/mol. The number of nitrogen functional groups attached to an aromatic ring is 1. The first-order valence-corrected chi connectivity index (χ1v) is 6.24. The number of anilines is 1. The van der Waals surface area contributed by atoms with E-state index in [1.54, 1.807) is 24.3 Å². The largest absolute Gasteiger partial charge is 0.491 e. The van der Waals surface area contributed by atoms with Gasteiger partial charge in [-0.2, -0.15) is 13.2 Å². The fourth-order valence-electron chi connectivity index (χ4n) is 1.74. The topological polar surface area (TPSA) is 61.0 Å². The van der Waals surface area contributed by atoms with Gasteiger partial charge in [0.05, 0.1) is 11.8 Å². The SMILES string of the molecule is CC(C)Oc1ccc(-c2cc(C(F)(F)F)nc(N)n2)cc1. The van der Waals surface area contributed by atoms with Crippen LogP contribution in [0.4, 0.5) is 19.1 Å². The molecule has 112 valence electrons. The molecule has 0 unspecified atom stereocenters. The summed E-state index contributed by atoms with van der Waals surface area (Å²) in [7, 11) is 0. The van der Waals surface area contributed by atoms with Gasteiger partial charge >= 0.3 is 6.18 Å². The van der Waals surface area contributed by atoms with Gasteiger partial charge in [-0.3, -0.25) is 0 Å². The molecule has 0 fully saturated rings. The van der Waals surface area contributed by atoms with Gasteiger partial charge in [0.2, 0.25) is 5.95 Å². The van der Waals surface area contributed by atoms with Gasteiger partial charge in [-0.25, -0.2) is 9.97 Å². The lowest BCUT2D eigenvalue weighted by Gasteiger charge is -2.11. The minimum absolute atomic E-state index is 0.0161. The molecular formula is C14H14F3N3O. The van der Waals surface area contributed by atoms with E-state index in [9.17, 15) is 13.2 Å². The fraction of sp³-hybridized carbons (Fsp3) is 0.286. The van der Waals surface area contributed by atoms with Gasteiger partial charge in [0.15, 0.2) is 5.69 Å². The second kappa shape index (κ2) is 5.59. The third-order valence-electron chi connectivity index (χ3n) is 2.56. The van der Waals surface area contributed by atoms with Crippen molar-refractivity contribution in [3.05, 3.63) is 36.0 Å². The molecular weight excluding hydrogens is 283 g/mol. The number of rotatable bonds is 3. The molecule has 2 N–H and O–H groups in total. The number of aromatic nitrogens is 2. The van der Waals surface area contributed by atoms with Gasteiger partial charge in [0, 0.05) is 5.56 Å². The van der Waals surface area contributed by atoms with Crippen LogP contribution in [0.5, 0.6) is 5.75 Å². The summed E-state index contributed by atoms with van der Waals surface area (Å²) < 4.78 is 43.6. The van der Waals surface area contributed by atoms with E-state index in [4.69, 9.17) is 10.5 Å². The van der Waals surface area contributed by atoms with Crippen molar-refractivity contribution in [3.8, 4) is 17.0 Å². The Labute approximate surface area is 119 Å². The quantitative estimate of drug-likeness (QED) is 0.941. The predicted octanol–water partition coefficient (Wildman–Crippen LogP) is 3.53. The molecule has 0 amide bonds. The Balaban J connectivity index is 2.35. The smallest absolute Gasteiger partial charge is 0.433 e. The molecule has 2 aromatic rings. The van der Waals surface area contributed by atoms with Gasteiger partial charge in [-0.1, -0.05) is 0 Å². The van der Waals surface area contributed by atoms with E-state index in [0.29, 0.717) is 11.3 Å². The molecule has 7 heteroatoms. The molecule has 1 aromatic carbocycles. The molecule has 0 atom stereocenters. The molecule has 0 saturated heterocycles. The third kappa shape index (κ3) is 3.84. The van der Waals surface area contributed by atoms with Gasteiger partial charge in [0.25, 0.3) is 0 Å². The lowest BCUT2D eigenvalue weighted by Crippen LogP contribution is -2.11. The summed E-state index contributed by atoms with van der Waals surface area (Å²) in [6.07, 6.45) is -4.55. The number of benzene rings is 1. The molecule has 0 bridgehead atoms. The van der Waals surface area contributed by atoms with Crippen LogP contribution >= 0.6 is 0 Å². The van der Waals surface area contributed by atoms with E-state index in [-0.39, 0.29) is 11.8 Å². The first-order valence-electron chi connectivity index (χ1n) is 6.24. The molecule has 21 heavy (non-hydrogen) atoms. The van der Waals surface area contributed by atoms with Crippen molar-refractivity contribution in [2.24, 2.45) is 0 Å². The van der Waals surface area contributed by atoms with Gasteiger partial charge in [-0.05, 0) is 44.2 Å². The van der Waals surface area contributed by atoms with Gasteiger partial charge in [0.1, 0.15) is 5.75 Å². The van der Waals surface area contributed by atoms with Gasteiger partial charge in [-0.15, -0.1) is 0 Å². The molecule has 1 aromatic heterocycles. The molecule has 0 aliphatic rings. The van der Waals surface area contributed by atoms with Crippen LogP contribution in [0.2, 0.25) is 0 Å². The Morgan fingerprint density at radius 2 is 1.71 bits per heavy atom. The fourth-order valence-corrected chi connectivity index (χ4v) is 1.74. The van der Waals surface area contributed by atoms with E-state index < -0.39 is 17.8 Å². The summed E-state index contributed by atoms with van der Waals surface area (Å²) in [5.41, 5.74) is 4.90. The van der Waals surface area contributed by atoms with Crippen molar-refractivity contribution in [1.82, 2.24) is 9.97 Å². The Hall–Kier alpha value is -2.31. The molecule has 0 aliphatic carbocycles. The van der Waals surface area contributed by atoms with Crippen LogP contribution in [0.15, 0.2) is 30.3 Å². The van der Waals surface area contributed by atoms with E-state index in [1.165, 1.54) is 0 Å². The second-order valence-electron chi connectivity index (χ2n) is 4.69. The van der Waals surface area contributed by atoms with Crippen LogP contribution < -0.4 is 10.5 Å². The van der Waals surface area contributed by atoms with E-state index in [1.807, 2.05) is 13.8 Å². The molecule has 0 radical (unpaired) electrons. The highest BCUT2D eigenvalue weighted by Gasteiger charge is 2.33. The summed E-state index contributed by atoms with van der Waals surface area (Å²) >= 11 is 0. The highest BCUT2D eigenvalue weighted by atomic mass is 19.4. The highest BCUT2D eigenvalue weighted by Crippen LogP contribution is 2.31. The zero-order valence-electron chi connectivity index (χ0n) is 11.5. The number of nitrogens with zero attached hydrogens (tertiary/aromatic N) is 2. The van der Waals surface area contributed by atoms with Crippen molar-refractivity contribution >= 4 is 5.95 Å². The Kier molecular flexibility index (Phi) is 4.02. The van der Waals surface area contributed by atoms with Crippen molar-refractivity contribution in [1.29, 1.82) is 0 Å². The molecule has 0 aliphatic heterocycles. The first kappa shape index (κ1) is 15.1. The van der Waals surface area contributed by atoms with Crippen LogP contribution in [0.25, 0.3) is 11.3 Å². The van der Waals surface area contributed by atoms with Crippen LogP contribution in [-0.4, -0.2) is 16.1 Å². The maximum absolute atomic E-state index is 12.7. The van der Waals surface area contributed by atoms with Crippen molar-refractivity contribution < 1.29 is 17.9 Å². The van der Waals surface area contributed by atoms with Gasteiger partial charge < -0.3 is 10.5 Å². The lowest BCUT2D eigenvalue weighted by molar-refractivity contribution is -0.141. The zero-order chi connectivity index (χ0) is 15.6.